The smallest absolute Gasteiger partial charge is 0.0594 e. The molecule has 1 heterocycles. The maximum absolute atomic E-state index is 5.55. The van der Waals surface area contributed by atoms with Gasteiger partial charge in [0, 0.05) is 19.3 Å². The number of pyridine rings is 1. The molecule has 0 unspecified atom stereocenters. The van der Waals surface area contributed by atoms with Crippen molar-refractivity contribution in [2.45, 2.75) is 20.4 Å². The fourth-order valence-corrected chi connectivity index (χ4v) is 2.03. The highest BCUT2D eigenvalue weighted by atomic mass is 15.1. The third kappa shape index (κ3) is 2.68. The van der Waals surface area contributed by atoms with Crippen molar-refractivity contribution in [3.05, 3.63) is 53.3 Å². The monoisotopic (exact) mass is 241 g/mol. The van der Waals surface area contributed by atoms with E-state index < -0.39 is 0 Å². The highest BCUT2D eigenvalue weighted by Crippen LogP contribution is 2.24. The Kier molecular flexibility index (Phi) is 3.63. The lowest BCUT2D eigenvalue weighted by Crippen LogP contribution is -2.11. The highest BCUT2D eigenvalue weighted by molar-refractivity contribution is 5.63. The number of nitrogens with two attached hydrogens (primary N) is 1. The predicted molar refractivity (Wildman–Crippen MR) is 76.1 cm³/mol. The van der Waals surface area contributed by atoms with Crippen LogP contribution < -0.4 is 10.6 Å². The quantitative estimate of drug-likeness (QED) is 0.898. The molecule has 2 rings (SSSR count). The van der Waals surface area contributed by atoms with E-state index in [0.717, 1.165) is 11.4 Å². The standard InChI is InChI=1S/C15H19N3/c1-11-6-12(2)8-15(7-11)18(3)14-5-4-13(9-16)17-10-14/h4-8,10H,9,16H2,1-3H3. The van der Waals surface area contributed by atoms with Crippen LogP contribution in [0.15, 0.2) is 36.5 Å². The van der Waals surface area contributed by atoms with Crippen LogP contribution in [-0.4, -0.2) is 12.0 Å². The van der Waals surface area contributed by atoms with E-state index in [1.54, 1.807) is 0 Å². The van der Waals surface area contributed by atoms with Crippen LogP contribution in [0.3, 0.4) is 0 Å². The zero-order valence-electron chi connectivity index (χ0n) is 11.1. The van der Waals surface area contributed by atoms with E-state index in [2.05, 4.69) is 41.9 Å². The van der Waals surface area contributed by atoms with Gasteiger partial charge in [-0.1, -0.05) is 6.07 Å². The Morgan fingerprint density at radius 3 is 2.22 bits per heavy atom. The number of hydrogen-bond donors (Lipinski definition) is 1. The molecule has 3 nitrogen and oxygen atoms in total. The van der Waals surface area contributed by atoms with Crippen LogP contribution in [0.4, 0.5) is 11.4 Å². The molecule has 0 spiro atoms. The minimum atomic E-state index is 0.480. The Morgan fingerprint density at radius 1 is 1.06 bits per heavy atom. The number of hydrogen-bond acceptors (Lipinski definition) is 3. The zero-order valence-corrected chi connectivity index (χ0v) is 11.1. The summed E-state index contributed by atoms with van der Waals surface area (Å²) in [7, 11) is 2.05. The zero-order chi connectivity index (χ0) is 13.1. The van der Waals surface area contributed by atoms with Crippen LogP contribution in [-0.2, 0) is 6.54 Å². The van der Waals surface area contributed by atoms with E-state index in [0.29, 0.717) is 6.54 Å². The first-order valence-electron chi connectivity index (χ1n) is 6.07. The fraction of sp³-hybridized carbons (Fsp3) is 0.267. The van der Waals surface area contributed by atoms with E-state index in [-0.39, 0.29) is 0 Å². The molecule has 0 atom stereocenters. The summed E-state index contributed by atoms with van der Waals surface area (Å²) in [6.45, 7) is 4.70. The Bertz CT molecular complexity index is 512. The van der Waals surface area contributed by atoms with Crippen molar-refractivity contribution in [2.75, 3.05) is 11.9 Å². The van der Waals surface area contributed by atoms with Gasteiger partial charge in [0.15, 0.2) is 0 Å². The molecule has 0 saturated heterocycles. The molecule has 3 heteroatoms. The maximum atomic E-state index is 5.55. The van der Waals surface area contributed by atoms with Gasteiger partial charge in [0.2, 0.25) is 0 Å². The van der Waals surface area contributed by atoms with Crippen molar-refractivity contribution in [3.8, 4) is 0 Å². The van der Waals surface area contributed by atoms with Crippen LogP contribution in [0.2, 0.25) is 0 Å². The second kappa shape index (κ2) is 5.19. The number of anilines is 2. The topological polar surface area (TPSA) is 42.1 Å². The van der Waals surface area contributed by atoms with Gasteiger partial charge in [0.1, 0.15) is 0 Å². The first-order chi connectivity index (χ1) is 8.60. The minimum Gasteiger partial charge on any atom is -0.343 e. The normalized spacial score (nSPS) is 10.4. The third-order valence-corrected chi connectivity index (χ3v) is 3.00. The molecular formula is C15H19N3. The highest BCUT2D eigenvalue weighted by Gasteiger charge is 2.05. The summed E-state index contributed by atoms with van der Waals surface area (Å²) in [5.41, 5.74) is 11.2. The first-order valence-corrected chi connectivity index (χ1v) is 6.07. The summed E-state index contributed by atoms with van der Waals surface area (Å²) in [5, 5.41) is 0. The first kappa shape index (κ1) is 12.6. The Balaban J connectivity index is 2.31. The molecule has 0 bridgehead atoms. The largest absolute Gasteiger partial charge is 0.343 e. The molecule has 18 heavy (non-hydrogen) atoms. The lowest BCUT2D eigenvalue weighted by molar-refractivity contribution is 0.985. The maximum Gasteiger partial charge on any atom is 0.0594 e. The van der Waals surface area contributed by atoms with E-state index in [9.17, 15) is 0 Å². The second-order valence-electron chi connectivity index (χ2n) is 4.62. The second-order valence-corrected chi connectivity index (χ2v) is 4.62. The van der Waals surface area contributed by atoms with E-state index in [1.165, 1.54) is 16.8 Å². The molecular weight excluding hydrogens is 222 g/mol. The van der Waals surface area contributed by atoms with Crippen LogP contribution >= 0.6 is 0 Å². The molecule has 1 aromatic carbocycles. The van der Waals surface area contributed by atoms with Crippen LogP contribution in [0.5, 0.6) is 0 Å². The average Bonchev–Trinajstić information content (AvgIpc) is 2.37. The van der Waals surface area contributed by atoms with Crippen LogP contribution in [0.25, 0.3) is 0 Å². The van der Waals surface area contributed by atoms with Gasteiger partial charge in [-0.3, -0.25) is 4.98 Å². The summed E-state index contributed by atoms with van der Waals surface area (Å²) in [4.78, 5) is 6.45. The number of benzene rings is 1. The summed E-state index contributed by atoms with van der Waals surface area (Å²) in [6.07, 6.45) is 1.86. The van der Waals surface area contributed by atoms with E-state index >= 15 is 0 Å². The molecule has 0 fully saturated rings. The third-order valence-electron chi connectivity index (χ3n) is 3.00. The minimum absolute atomic E-state index is 0.480. The lowest BCUT2D eigenvalue weighted by atomic mass is 10.1. The molecule has 1 aromatic heterocycles. The van der Waals surface area contributed by atoms with E-state index in [1.807, 2.05) is 25.4 Å². The molecule has 0 radical (unpaired) electrons. The summed E-state index contributed by atoms with van der Waals surface area (Å²) in [6, 6.07) is 10.5. The van der Waals surface area contributed by atoms with Gasteiger partial charge < -0.3 is 10.6 Å². The van der Waals surface area contributed by atoms with Gasteiger partial charge in [-0.05, 0) is 49.2 Å². The van der Waals surface area contributed by atoms with Crippen LogP contribution in [0, 0.1) is 13.8 Å². The van der Waals surface area contributed by atoms with Gasteiger partial charge in [-0.2, -0.15) is 0 Å². The fourth-order valence-electron chi connectivity index (χ4n) is 2.03. The molecule has 0 amide bonds. The molecule has 0 aliphatic rings. The molecule has 94 valence electrons. The molecule has 0 aliphatic heterocycles. The van der Waals surface area contributed by atoms with Crippen LogP contribution in [0.1, 0.15) is 16.8 Å². The summed E-state index contributed by atoms with van der Waals surface area (Å²) >= 11 is 0. The van der Waals surface area contributed by atoms with Crippen molar-refractivity contribution in [1.29, 1.82) is 0 Å². The summed E-state index contributed by atoms with van der Waals surface area (Å²) < 4.78 is 0. The van der Waals surface area contributed by atoms with Gasteiger partial charge in [0.05, 0.1) is 17.6 Å². The summed E-state index contributed by atoms with van der Waals surface area (Å²) in [5.74, 6) is 0. The Hall–Kier alpha value is -1.87. The van der Waals surface area contributed by atoms with Crippen molar-refractivity contribution >= 4 is 11.4 Å². The molecule has 2 N–H and O–H groups in total. The average molecular weight is 241 g/mol. The number of rotatable bonds is 3. The number of aromatic nitrogens is 1. The Labute approximate surface area is 108 Å². The van der Waals surface area contributed by atoms with Gasteiger partial charge in [-0.15, -0.1) is 0 Å². The molecule has 0 saturated carbocycles. The van der Waals surface area contributed by atoms with Gasteiger partial charge in [0.25, 0.3) is 0 Å². The van der Waals surface area contributed by atoms with Crippen molar-refractivity contribution < 1.29 is 0 Å². The van der Waals surface area contributed by atoms with Crippen molar-refractivity contribution in [2.24, 2.45) is 5.73 Å². The molecule has 0 aliphatic carbocycles. The molecule has 2 aromatic rings. The van der Waals surface area contributed by atoms with Gasteiger partial charge in [-0.25, -0.2) is 0 Å². The Morgan fingerprint density at radius 2 is 1.72 bits per heavy atom. The van der Waals surface area contributed by atoms with Crippen molar-refractivity contribution in [3.63, 3.8) is 0 Å². The van der Waals surface area contributed by atoms with Crippen molar-refractivity contribution in [1.82, 2.24) is 4.98 Å². The number of aryl methyl sites for hydroxylation is 2. The van der Waals surface area contributed by atoms with E-state index in [4.69, 9.17) is 5.73 Å². The predicted octanol–water partition coefficient (Wildman–Crippen LogP) is 2.93. The van der Waals surface area contributed by atoms with Gasteiger partial charge >= 0.3 is 0 Å². The lowest BCUT2D eigenvalue weighted by Gasteiger charge is -2.20. The SMILES string of the molecule is Cc1cc(C)cc(N(C)c2ccc(CN)nc2)c1. The number of nitrogens with zero attached hydrogens (tertiary/aromatic N) is 2.